The molecule has 0 saturated carbocycles. The van der Waals surface area contributed by atoms with Crippen LogP contribution in [0.2, 0.25) is 0 Å². The van der Waals surface area contributed by atoms with Crippen molar-refractivity contribution in [3.8, 4) is 5.75 Å². The Bertz CT molecular complexity index is 654. The molecule has 0 radical (unpaired) electrons. The second kappa shape index (κ2) is 14.0. The van der Waals surface area contributed by atoms with Crippen molar-refractivity contribution in [2.24, 2.45) is 4.99 Å². The third kappa shape index (κ3) is 8.89. The number of rotatable bonds is 9. The highest BCUT2D eigenvalue weighted by Crippen LogP contribution is 2.22. The van der Waals surface area contributed by atoms with E-state index in [4.69, 9.17) is 0 Å². The molecule has 1 fully saturated rings. The van der Waals surface area contributed by atoms with Crippen molar-refractivity contribution < 1.29 is 13.5 Å². The Morgan fingerprint density at radius 1 is 1.17 bits per heavy atom. The molecule has 1 heterocycles. The average Bonchev–Trinajstić information content (AvgIpc) is 2.71. The maximum absolute atomic E-state index is 12.7. The number of halogens is 3. The van der Waals surface area contributed by atoms with E-state index in [1.807, 2.05) is 19.9 Å². The highest BCUT2D eigenvalue weighted by atomic mass is 127. The predicted octanol–water partition coefficient (Wildman–Crippen LogP) is 3.30. The van der Waals surface area contributed by atoms with Crippen molar-refractivity contribution in [1.82, 2.24) is 20.4 Å². The fraction of sp³-hybridized carbons (Fsp3) is 0.667. The normalized spacial score (nSPS) is 16.8. The first kappa shape index (κ1) is 26.8. The quantitative estimate of drug-likeness (QED) is 0.287. The van der Waals surface area contributed by atoms with Crippen LogP contribution >= 0.6 is 24.0 Å². The van der Waals surface area contributed by atoms with Crippen LogP contribution in [0.4, 0.5) is 8.78 Å². The highest BCUT2D eigenvalue weighted by Gasteiger charge is 2.20. The molecule has 1 aromatic rings. The summed E-state index contributed by atoms with van der Waals surface area (Å²) < 4.78 is 30.0. The number of piperazine rings is 1. The van der Waals surface area contributed by atoms with E-state index in [1.54, 1.807) is 12.1 Å². The Balaban J connectivity index is 0.00000450. The lowest BCUT2D eigenvalue weighted by molar-refractivity contribution is -0.0504. The predicted molar refractivity (Wildman–Crippen MR) is 129 cm³/mol. The number of likely N-dealkylation sites (N-methyl/N-ethyl adjacent to an activating group) is 1. The van der Waals surface area contributed by atoms with Crippen molar-refractivity contribution in [1.29, 1.82) is 0 Å². The molecule has 1 atom stereocenters. The van der Waals surface area contributed by atoms with Gasteiger partial charge in [0.25, 0.3) is 0 Å². The summed E-state index contributed by atoms with van der Waals surface area (Å²) in [6, 6.07) is 5.55. The second-order valence-corrected chi connectivity index (χ2v) is 7.38. The number of alkyl halides is 2. The highest BCUT2D eigenvalue weighted by molar-refractivity contribution is 14.0. The van der Waals surface area contributed by atoms with Crippen LogP contribution in [0, 0.1) is 6.92 Å². The number of aryl methyl sites for hydroxylation is 1. The first-order valence-electron chi connectivity index (χ1n) is 10.5. The standard InChI is InChI=1S/C21H35F2N5O.HI/c1-5-24-21(25-14-17(4)28-11-9-27(6-2)10-12-28)26-15-18-13-16(3)7-8-19(18)29-20(22)23;/h7-8,13,17,20H,5-6,9-12,14-15H2,1-4H3,(H2,24,25,26);1H. The monoisotopic (exact) mass is 539 g/mol. The van der Waals surface area contributed by atoms with E-state index in [2.05, 4.69) is 44.0 Å². The van der Waals surface area contributed by atoms with Crippen LogP contribution in [-0.4, -0.2) is 74.2 Å². The molecule has 1 aliphatic rings. The van der Waals surface area contributed by atoms with Crippen LogP contribution < -0.4 is 15.4 Å². The van der Waals surface area contributed by atoms with Gasteiger partial charge in [-0.2, -0.15) is 8.78 Å². The summed E-state index contributed by atoms with van der Waals surface area (Å²) in [5.74, 6) is 0.850. The molecule has 0 spiro atoms. The Hall–Kier alpha value is -1.20. The summed E-state index contributed by atoms with van der Waals surface area (Å²) in [4.78, 5) is 9.52. The first-order chi connectivity index (χ1) is 13.9. The van der Waals surface area contributed by atoms with E-state index in [-0.39, 0.29) is 36.3 Å². The van der Waals surface area contributed by atoms with Gasteiger partial charge in [0.1, 0.15) is 5.75 Å². The van der Waals surface area contributed by atoms with Crippen molar-refractivity contribution >= 4 is 29.9 Å². The summed E-state index contributed by atoms with van der Waals surface area (Å²) in [5.41, 5.74) is 1.63. The van der Waals surface area contributed by atoms with Crippen LogP contribution in [0.5, 0.6) is 5.75 Å². The molecule has 0 aliphatic carbocycles. The number of benzene rings is 1. The van der Waals surface area contributed by atoms with Gasteiger partial charge in [-0.15, -0.1) is 24.0 Å². The van der Waals surface area contributed by atoms with Gasteiger partial charge in [0, 0.05) is 50.9 Å². The minimum absolute atomic E-state index is 0. The lowest BCUT2D eigenvalue weighted by atomic mass is 10.1. The molecular formula is C21H36F2IN5O. The second-order valence-electron chi connectivity index (χ2n) is 7.38. The number of ether oxygens (including phenoxy) is 1. The molecular weight excluding hydrogens is 503 g/mol. The van der Waals surface area contributed by atoms with Gasteiger partial charge in [-0.05, 0) is 33.4 Å². The topological polar surface area (TPSA) is 52.1 Å². The van der Waals surface area contributed by atoms with Crippen LogP contribution in [0.1, 0.15) is 31.9 Å². The van der Waals surface area contributed by atoms with Gasteiger partial charge < -0.3 is 20.3 Å². The summed E-state index contributed by atoms with van der Waals surface area (Å²) in [6.07, 6.45) is 0. The number of aliphatic imine (C=N–C) groups is 1. The minimum Gasteiger partial charge on any atom is -0.434 e. The summed E-state index contributed by atoms with van der Waals surface area (Å²) in [5, 5.41) is 6.61. The van der Waals surface area contributed by atoms with Gasteiger partial charge in [0.15, 0.2) is 5.96 Å². The Morgan fingerprint density at radius 2 is 1.87 bits per heavy atom. The van der Waals surface area contributed by atoms with Crippen molar-refractivity contribution in [2.45, 2.75) is 46.9 Å². The zero-order valence-electron chi connectivity index (χ0n) is 18.5. The van der Waals surface area contributed by atoms with Gasteiger partial charge >= 0.3 is 6.61 Å². The number of hydrogen-bond donors (Lipinski definition) is 2. The lowest BCUT2D eigenvalue weighted by Crippen LogP contribution is -2.53. The van der Waals surface area contributed by atoms with E-state index in [9.17, 15) is 8.78 Å². The molecule has 2 rings (SSSR count). The zero-order chi connectivity index (χ0) is 21.2. The fourth-order valence-electron chi connectivity index (χ4n) is 3.44. The maximum atomic E-state index is 12.7. The van der Waals surface area contributed by atoms with Crippen molar-refractivity contribution in [2.75, 3.05) is 45.8 Å². The Kier molecular flexibility index (Phi) is 12.5. The fourth-order valence-corrected chi connectivity index (χ4v) is 3.44. The number of guanidine groups is 1. The zero-order valence-corrected chi connectivity index (χ0v) is 20.8. The van der Waals surface area contributed by atoms with Gasteiger partial charge in [0.2, 0.25) is 0 Å². The van der Waals surface area contributed by atoms with E-state index in [0.29, 0.717) is 17.6 Å². The summed E-state index contributed by atoms with van der Waals surface area (Å²) >= 11 is 0. The molecule has 0 bridgehead atoms. The first-order valence-corrected chi connectivity index (χ1v) is 10.5. The van der Waals surface area contributed by atoms with Gasteiger partial charge in [-0.3, -0.25) is 4.90 Å². The molecule has 1 aromatic carbocycles. The lowest BCUT2D eigenvalue weighted by Gasteiger charge is -2.37. The van der Waals surface area contributed by atoms with Gasteiger partial charge in [-0.25, -0.2) is 4.99 Å². The number of nitrogens with one attached hydrogen (secondary N) is 2. The number of nitrogens with zero attached hydrogens (tertiary/aromatic N) is 3. The molecule has 1 saturated heterocycles. The van der Waals surface area contributed by atoms with Gasteiger partial charge in [0.05, 0.1) is 6.54 Å². The smallest absolute Gasteiger partial charge is 0.387 e. The minimum atomic E-state index is -2.85. The van der Waals surface area contributed by atoms with E-state index in [0.717, 1.165) is 51.4 Å². The molecule has 0 aromatic heterocycles. The molecule has 1 aliphatic heterocycles. The number of hydrogen-bond acceptors (Lipinski definition) is 4. The van der Waals surface area contributed by atoms with Gasteiger partial charge in [-0.1, -0.05) is 24.6 Å². The largest absolute Gasteiger partial charge is 0.434 e. The average molecular weight is 539 g/mol. The van der Waals surface area contributed by atoms with Crippen LogP contribution in [0.15, 0.2) is 23.2 Å². The van der Waals surface area contributed by atoms with Crippen LogP contribution in [0.25, 0.3) is 0 Å². The third-order valence-electron chi connectivity index (χ3n) is 5.23. The summed E-state index contributed by atoms with van der Waals surface area (Å²) in [7, 11) is 0. The van der Waals surface area contributed by atoms with E-state index in [1.165, 1.54) is 0 Å². The van der Waals surface area contributed by atoms with Crippen LogP contribution in [0.3, 0.4) is 0 Å². The van der Waals surface area contributed by atoms with E-state index >= 15 is 0 Å². The molecule has 6 nitrogen and oxygen atoms in total. The molecule has 30 heavy (non-hydrogen) atoms. The molecule has 1 unspecified atom stereocenters. The third-order valence-corrected chi connectivity index (χ3v) is 5.23. The van der Waals surface area contributed by atoms with Crippen molar-refractivity contribution in [3.63, 3.8) is 0 Å². The Morgan fingerprint density at radius 3 is 2.47 bits per heavy atom. The van der Waals surface area contributed by atoms with Crippen molar-refractivity contribution in [3.05, 3.63) is 29.3 Å². The molecule has 2 N–H and O–H groups in total. The molecule has 0 amide bonds. The summed E-state index contributed by atoms with van der Waals surface area (Å²) in [6.45, 7) is 12.7. The Labute approximate surface area is 196 Å². The molecule has 9 heteroatoms. The van der Waals surface area contributed by atoms with Crippen LogP contribution in [-0.2, 0) is 6.54 Å². The molecule has 172 valence electrons. The SMILES string of the molecule is CCNC(=NCc1cc(C)ccc1OC(F)F)NCC(C)N1CCN(CC)CC1.I. The maximum Gasteiger partial charge on any atom is 0.387 e. The van der Waals surface area contributed by atoms with E-state index < -0.39 is 6.61 Å².